The van der Waals surface area contributed by atoms with Crippen LogP contribution in [0.4, 0.5) is 31.5 Å². The zero-order valence-corrected chi connectivity index (χ0v) is 41.6. The van der Waals surface area contributed by atoms with Crippen LogP contribution in [0.25, 0.3) is 0 Å². The van der Waals surface area contributed by atoms with E-state index in [4.69, 9.17) is 4.74 Å². The summed E-state index contributed by atoms with van der Waals surface area (Å²) in [7, 11) is 1.63. The molecule has 0 spiro atoms. The van der Waals surface area contributed by atoms with Crippen molar-refractivity contribution in [2.24, 2.45) is 5.92 Å². The number of hydrogen-bond donors (Lipinski definition) is 6. The van der Waals surface area contributed by atoms with E-state index in [0.29, 0.717) is 67.2 Å². The number of hydrogen-bond acceptors (Lipinski definition) is 10. The Morgan fingerprint density at radius 2 is 1.55 bits per heavy atom. The third kappa shape index (κ3) is 11.4. The number of amides is 6. The van der Waals surface area contributed by atoms with Crippen LogP contribution in [0.5, 0.6) is 0 Å². The highest BCUT2D eigenvalue weighted by molar-refractivity contribution is 6.08. The van der Waals surface area contributed by atoms with Crippen LogP contribution in [0.1, 0.15) is 70.9 Å². The lowest BCUT2D eigenvalue weighted by molar-refractivity contribution is -0.144. The third-order valence-corrected chi connectivity index (χ3v) is 14.4. The molecule has 2 unspecified atom stereocenters. The van der Waals surface area contributed by atoms with Crippen LogP contribution in [0, 0.1) is 17.6 Å². The lowest BCUT2D eigenvalue weighted by atomic mass is 9.83. The smallest absolute Gasteiger partial charge is 0.255 e. The normalized spacial score (nSPS) is 20.0. The molecule has 6 N–H and O–H groups in total. The molecule has 74 heavy (non-hydrogen) atoms. The van der Waals surface area contributed by atoms with Crippen molar-refractivity contribution in [2.45, 2.75) is 63.2 Å². The standard InChI is InChI=1S/C56H61F2N9O7/c1-34-30-65(23-22-60-34)32-49(69)67-33-56(2,44-18-10-36(27-47(44)67)26-35-8-12-40(57)13-9-35)55(73)62-42-16-14-41(15-17-42)61-52(70)38-11-19-45(58)46(28-38)63-53(71)51-43-7-5-4-6-39(43)31-66(51)54(72)50(64-48(68)29-59-3)37-20-24-74-25-21-37/h4-19,27-28,34,37,50-51,59-60H,20-26,29-33H2,1-3H3,(H,61,70)(H,62,73)(H,63,71)(H,64,68)/t34-,50?,51+,56?/m1/s1. The summed E-state index contributed by atoms with van der Waals surface area (Å²) in [5, 5.41) is 17.5. The fourth-order valence-corrected chi connectivity index (χ4v) is 10.5. The van der Waals surface area contributed by atoms with Gasteiger partial charge in [0, 0.05) is 74.6 Å². The van der Waals surface area contributed by atoms with Crippen molar-refractivity contribution in [1.82, 2.24) is 25.8 Å². The molecular weight excluding hydrogens is 949 g/mol. The van der Waals surface area contributed by atoms with Gasteiger partial charge in [-0.15, -0.1) is 0 Å². The van der Waals surface area contributed by atoms with Gasteiger partial charge in [0.05, 0.1) is 24.2 Å². The first kappa shape index (κ1) is 51.5. The third-order valence-electron chi connectivity index (χ3n) is 14.4. The van der Waals surface area contributed by atoms with Crippen molar-refractivity contribution in [3.8, 4) is 0 Å². The molecule has 4 aliphatic rings. The van der Waals surface area contributed by atoms with E-state index < -0.39 is 41.0 Å². The molecule has 9 rings (SSSR count). The zero-order valence-electron chi connectivity index (χ0n) is 41.6. The molecule has 18 heteroatoms. The van der Waals surface area contributed by atoms with Crippen molar-refractivity contribution in [3.05, 3.63) is 154 Å². The molecule has 4 atom stereocenters. The molecule has 0 aromatic heterocycles. The SMILES string of the molecule is CNCC(=O)NC(C(=O)N1Cc2ccccc2[C@H]1C(=O)Nc1cc(C(=O)Nc2ccc(NC(=O)C3(C)CN(C(=O)CN4CCN[C@H](C)C4)c4cc(Cc5ccc(F)cc5)ccc43)cc2)ccc1F)C1CCOCC1. The summed E-state index contributed by atoms with van der Waals surface area (Å²) in [4.78, 5) is 88.9. The minimum atomic E-state index is -1.16. The molecule has 6 amide bonds. The van der Waals surface area contributed by atoms with E-state index in [1.54, 1.807) is 66.5 Å². The number of carbonyl (C=O) groups excluding carboxylic acids is 6. The summed E-state index contributed by atoms with van der Waals surface area (Å²) in [5.74, 6) is -3.93. The fraction of sp³-hybridized carbons (Fsp3) is 0.357. The van der Waals surface area contributed by atoms with Crippen LogP contribution < -0.4 is 36.8 Å². The molecular formula is C56H61F2N9O7. The monoisotopic (exact) mass is 1010 g/mol. The highest BCUT2D eigenvalue weighted by Crippen LogP contribution is 2.43. The molecule has 0 aliphatic carbocycles. The van der Waals surface area contributed by atoms with E-state index >= 15 is 4.39 Å². The lowest BCUT2D eigenvalue weighted by Crippen LogP contribution is -2.55. The Morgan fingerprint density at radius 3 is 2.28 bits per heavy atom. The van der Waals surface area contributed by atoms with Gasteiger partial charge in [0.25, 0.3) is 11.8 Å². The number of benzene rings is 5. The number of ether oxygens (including phenoxy) is 1. The number of fused-ring (bicyclic) bond motifs is 2. The van der Waals surface area contributed by atoms with Crippen LogP contribution in [0.3, 0.4) is 0 Å². The van der Waals surface area contributed by atoms with Crippen LogP contribution in [-0.2, 0) is 47.1 Å². The van der Waals surface area contributed by atoms with Gasteiger partial charge in [0.1, 0.15) is 23.7 Å². The molecule has 0 bridgehead atoms. The van der Waals surface area contributed by atoms with Crippen LogP contribution in [-0.4, -0.2) is 117 Å². The molecule has 0 saturated carbocycles. The largest absolute Gasteiger partial charge is 0.381 e. The number of halogens is 2. The minimum absolute atomic E-state index is 0.00834. The molecule has 2 fully saturated rings. The molecule has 16 nitrogen and oxygen atoms in total. The predicted molar refractivity (Wildman–Crippen MR) is 276 cm³/mol. The van der Waals surface area contributed by atoms with E-state index in [-0.39, 0.29) is 72.9 Å². The molecule has 4 heterocycles. The average molecular weight is 1010 g/mol. The Morgan fingerprint density at radius 1 is 0.838 bits per heavy atom. The summed E-state index contributed by atoms with van der Waals surface area (Å²) >= 11 is 0. The van der Waals surface area contributed by atoms with Crippen molar-refractivity contribution >= 4 is 58.2 Å². The van der Waals surface area contributed by atoms with Gasteiger partial charge in [-0.2, -0.15) is 0 Å². The second-order valence-electron chi connectivity index (χ2n) is 19.8. The molecule has 5 aromatic carbocycles. The Labute approximate surface area is 428 Å². The number of nitrogens with one attached hydrogen (secondary N) is 6. The highest BCUT2D eigenvalue weighted by Gasteiger charge is 2.47. The summed E-state index contributed by atoms with van der Waals surface area (Å²) in [6.07, 6.45) is 1.58. The lowest BCUT2D eigenvalue weighted by Gasteiger charge is -2.34. The Hall–Kier alpha value is -7.38. The maximum Gasteiger partial charge on any atom is 0.255 e. The second kappa shape index (κ2) is 22.4. The first-order chi connectivity index (χ1) is 35.7. The van der Waals surface area contributed by atoms with Gasteiger partial charge in [-0.3, -0.25) is 33.7 Å². The van der Waals surface area contributed by atoms with Gasteiger partial charge in [-0.25, -0.2) is 8.78 Å². The number of anilines is 4. The number of nitrogens with zero attached hydrogens (tertiary/aromatic N) is 3. The van der Waals surface area contributed by atoms with E-state index in [1.807, 2.05) is 31.2 Å². The zero-order chi connectivity index (χ0) is 52.1. The van der Waals surface area contributed by atoms with Crippen molar-refractivity contribution in [1.29, 1.82) is 0 Å². The van der Waals surface area contributed by atoms with E-state index in [9.17, 15) is 33.2 Å². The van der Waals surface area contributed by atoms with E-state index in [2.05, 4.69) is 43.7 Å². The Bertz CT molecular complexity index is 2930. The summed E-state index contributed by atoms with van der Waals surface area (Å²) < 4.78 is 34.8. The van der Waals surface area contributed by atoms with Crippen LogP contribution in [0.2, 0.25) is 0 Å². The van der Waals surface area contributed by atoms with Crippen molar-refractivity contribution < 1.29 is 42.3 Å². The first-order valence-electron chi connectivity index (χ1n) is 25.0. The molecule has 0 radical (unpaired) electrons. The Kier molecular flexibility index (Phi) is 15.6. The van der Waals surface area contributed by atoms with Crippen molar-refractivity contribution in [3.63, 3.8) is 0 Å². The molecule has 386 valence electrons. The second-order valence-corrected chi connectivity index (χ2v) is 19.8. The molecule has 2 saturated heterocycles. The van der Waals surface area contributed by atoms with Gasteiger partial charge < -0.3 is 46.4 Å². The van der Waals surface area contributed by atoms with Gasteiger partial charge in [-0.05, 0) is 135 Å². The quantitative estimate of drug-likeness (QED) is 0.0781. The van der Waals surface area contributed by atoms with Gasteiger partial charge in [0.2, 0.25) is 23.6 Å². The topological polar surface area (TPSA) is 194 Å². The highest BCUT2D eigenvalue weighted by atomic mass is 19.1. The maximum atomic E-state index is 15.5. The number of likely N-dealkylation sites (N-methyl/N-ethyl adjacent to an activating group) is 1. The van der Waals surface area contributed by atoms with Crippen LogP contribution >= 0.6 is 0 Å². The number of piperazine rings is 1. The number of rotatable bonds is 15. The average Bonchev–Trinajstić information content (AvgIpc) is 3.94. The number of carbonyl (C=O) groups is 6. The first-order valence-corrected chi connectivity index (χ1v) is 25.0. The molecule has 4 aliphatic heterocycles. The van der Waals surface area contributed by atoms with E-state index in [0.717, 1.165) is 35.8 Å². The van der Waals surface area contributed by atoms with Gasteiger partial charge in [0.15, 0.2) is 0 Å². The molecule has 5 aromatic rings. The van der Waals surface area contributed by atoms with Gasteiger partial charge >= 0.3 is 0 Å². The summed E-state index contributed by atoms with van der Waals surface area (Å²) in [5.41, 5.74) is 3.89. The maximum absolute atomic E-state index is 15.5. The van der Waals surface area contributed by atoms with Crippen LogP contribution in [0.15, 0.2) is 109 Å². The summed E-state index contributed by atoms with van der Waals surface area (Å²) in [6.45, 7) is 7.34. The summed E-state index contributed by atoms with van der Waals surface area (Å²) in [6, 6.07) is 27.3. The fourth-order valence-electron chi connectivity index (χ4n) is 10.5. The van der Waals surface area contributed by atoms with E-state index in [1.165, 1.54) is 29.2 Å². The predicted octanol–water partition coefficient (Wildman–Crippen LogP) is 5.50. The Balaban J connectivity index is 0.875. The van der Waals surface area contributed by atoms with Crippen molar-refractivity contribution in [2.75, 3.05) is 80.4 Å². The van der Waals surface area contributed by atoms with Gasteiger partial charge in [-0.1, -0.05) is 48.5 Å². The minimum Gasteiger partial charge on any atom is -0.381 e.